The summed E-state index contributed by atoms with van der Waals surface area (Å²) in [5.41, 5.74) is 0.265. The van der Waals surface area contributed by atoms with Crippen molar-refractivity contribution in [1.29, 1.82) is 0 Å². The quantitative estimate of drug-likeness (QED) is 0.341. The van der Waals surface area contributed by atoms with Gasteiger partial charge in [-0.2, -0.15) is 0 Å². The molecule has 1 rings (SSSR count). The largest absolute Gasteiger partial charge is 0.507 e. The number of phenolic OH excluding ortho intramolecular Hbond substituents is 1. The highest BCUT2D eigenvalue weighted by atomic mass is 32.1. The van der Waals surface area contributed by atoms with Crippen LogP contribution in [-0.4, -0.2) is 14.9 Å². The summed E-state index contributed by atoms with van der Waals surface area (Å²) in [6, 6.07) is 3.76. The van der Waals surface area contributed by atoms with E-state index in [-0.39, 0.29) is 11.4 Å². The van der Waals surface area contributed by atoms with E-state index in [0.717, 1.165) is 0 Å². The molecule has 0 aromatic heterocycles. The number of nitro benzene ring substituents is 1. The van der Waals surface area contributed by atoms with Gasteiger partial charge in [0.15, 0.2) is 0 Å². The Balaban J connectivity index is 3.27. The van der Waals surface area contributed by atoms with Gasteiger partial charge >= 0.3 is 0 Å². The number of hydrogen-bond donors (Lipinski definition) is 1. The van der Waals surface area contributed by atoms with Crippen LogP contribution in [0.3, 0.4) is 0 Å². The molecule has 0 fully saturated rings. The Morgan fingerprint density at radius 3 is 2.69 bits per heavy atom. The van der Waals surface area contributed by atoms with E-state index in [1.54, 1.807) is 6.92 Å². The molecule has 0 heterocycles. The molecule has 68 valence electrons. The number of hydrogen-bond acceptors (Lipinski definition) is 4. The zero-order valence-corrected chi connectivity index (χ0v) is 7.67. The maximum Gasteiger partial charge on any atom is 0.270 e. The summed E-state index contributed by atoms with van der Waals surface area (Å²) >= 11 is 4.81. The van der Waals surface area contributed by atoms with E-state index >= 15 is 0 Å². The average Bonchev–Trinajstić information content (AvgIpc) is 2.04. The number of thiocarbonyl (C=S) groups is 1. The van der Waals surface area contributed by atoms with Gasteiger partial charge in [0, 0.05) is 22.6 Å². The molecule has 0 bridgehead atoms. The first-order valence-corrected chi connectivity index (χ1v) is 3.91. The highest BCUT2D eigenvalue weighted by Crippen LogP contribution is 2.23. The summed E-state index contributed by atoms with van der Waals surface area (Å²) in [6.45, 7) is 1.61. The molecule has 5 heteroatoms. The molecule has 1 aromatic rings. The minimum Gasteiger partial charge on any atom is -0.507 e. The summed E-state index contributed by atoms with van der Waals surface area (Å²) in [5.74, 6) is -0.0295. The van der Waals surface area contributed by atoms with Crippen molar-refractivity contribution >= 4 is 22.8 Å². The first-order chi connectivity index (χ1) is 6.02. The van der Waals surface area contributed by atoms with Crippen LogP contribution in [-0.2, 0) is 0 Å². The Hall–Kier alpha value is -1.49. The molecule has 0 radical (unpaired) electrons. The lowest BCUT2D eigenvalue weighted by atomic mass is 10.1. The van der Waals surface area contributed by atoms with Crippen molar-refractivity contribution in [3.05, 3.63) is 33.9 Å². The number of nitro groups is 1. The molecular weight excluding hydrogens is 190 g/mol. The van der Waals surface area contributed by atoms with Crippen molar-refractivity contribution in [2.24, 2.45) is 0 Å². The maximum absolute atomic E-state index is 10.4. The fourth-order valence-electron chi connectivity index (χ4n) is 0.920. The van der Waals surface area contributed by atoms with Crippen LogP contribution in [0.5, 0.6) is 5.75 Å². The maximum atomic E-state index is 10.4. The van der Waals surface area contributed by atoms with Crippen molar-refractivity contribution in [2.75, 3.05) is 0 Å². The first kappa shape index (κ1) is 9.60. The van der Waals surface area contributed by atoms with Gasteiger partial charge in [-0.3, -0.25) is 10.1 Å². The molecule has 0 aliphatic heterocycles. The highest BCUT2D eigenvalue weighted by molar-refractivity contribution is 7.80. The Morgan fingerprint density at radius 1 is 1.62 bits per heavy atom. The molecule has 4 nitrogen and oxygen atoms in total. The van der Waals surface area contributed by atoms with Crippen LogP contribution in [0.2, 0.25) is 0 Å². The molecule has 0 saturated heterocycles. The van der Waals surface area contributed by atoms with Crippen molar-refractivity contribution in [2.45, 2.75) is 6.92 Å². The third kappa shape index (κ3) is 2.00. The van der Waals surface area contributed by atoms with Crippen molar-refractivity contribution in [3.63, 3.8) is 0 Å². The predicted molar refractivity (Wildman–Crippen MR) is 52.1 cm³/mol. The smallest absolute Gasteiger partial charge is 0.270 e. The first-order valence-electron chi connectivity index (χ1n) is 3.50. The van der Waals surface area contributed by atoms with Crippen LogP contribution >= 0.6 is 12.2 Å². The standard InChI is InChI=1S/C8H7NO3S/c1-5(13)7-4-6(9(11)12)2-3-8(7)10/h2-4,10H,1H3. The van der Waals surface area contributed by atoms with E-state index in [9.17, 15) is 15.2 Å². The second-order valence-electron chi connectivity index (χ2n) is 2.51. The van der Waals surface area contributed by atoms with Gasteiger partial charge in [-0.15, -0.1) is 0 Å². The minimum absolute atomic E-state index is 0.0295. The monoisotopic (exact) mass is 197 g/mol. The fourth-order valence-corrected chi connectivity index (χ4v) is 1.08. The Bertz CT molecular complexity index is 376. The Kier molecular flexibility index (Phi) is 2.57. The van der Waals surface area contributed by atoms with E-state index in [4.69, 9.17) is 12.2 Å². The molecule has 1 N–H and O–H groups in total. The number of non-ortho nitro benzene ring substituents is 1. The summed E-state index contributed by atoms with van der Waals surface area (Å²) in [5, 5.41) is 19.6. The molecule has 1 aromatic carbocycles. The van der Waals surface area contributed by atoms with Crippen molar-refractivity contribution < 1.29 is 10.0 Å². The van der Waals surface area contributed by atoms with E-state index in [0.29, 0.717) is 10.4 Å². The van der Waals surface area contributed by atoms with Crippen molar-refractivity contribution in [1.82, 2.24) is 0 Å². The summed E-state index contributed by atoms with van der Waals surface area (Å²) < 4.78 is 0. The van der Waals surface area contributed by atoms with Gasteiger partial charge in [-0.05, 0) is 13.0 Å². The molecule has 0 saturated carbocycles. The molecule has 0 aliphatic carbocycles. The molecule has 0 unspecified atom stereocenters. The zero-order valence-electron chi connectivity index (χ0n) is 6.85. The van der Waals surface area contributed by atoms with E-state index in [1.807, 2.05) is 0 Å². The van der Waals surface area contributed by atoms with Gasteiger partial charge in [-0.25, -0.2) is 0 Å². The molecule has 0 spiro atoms. The third-order valence-corrected chi connectivity index (χ3v) is 1.79. The minimum atomic E-state index is -0.527. The topological polar surface area (TPSA) is 63.4 Å². The summed E-state index contributed by atoms with van der Waals surface area (Å²) in [4.78, 5) is 10.3. The summed E-state index contributed by atoms with van der Waals surface area (Å²) in [7, 11) is 0. The average molecular weight is 197 g/mol. The van der Waals surface area contributed by atoms with Gasteiger partial charge in [0.05, 0.1) is 4.92 Å². The summed E-state index contributed by atoms with van der Waals surface area (Å²) in [6.07, 6.45) is 0. The van der Waals surface area contributed by atoms with Gasteiger partial charge in [0.2, 0.25) is 0 Å². The number of phenols is 1. The predicted octanol–water partition coefficient (Wildman–Crippen LogP) is 2.04. The lowest BCUT2D eigenvalue weighted by Gasteiger charge is -2.00. The molecule has 13 heavy (non-hydrogen) atoms. The van der Waals surface area contributed by atoms with Crippen LogP contribution in [0, 0.1) is 10.1 Å². The molecule has 0 atom stereocenters. The number of benzene rings is 1. The van der Waals surface area contributed by atoms with E-state index in [1.165, 1.54) is 18.2 Å². The number of aromatic hydroxyl groups is 1. The lowest BCUT2D eigenvalue weighted by molar-refractivity contribution is -0.384. The van der Waals surface area contributed by atoms with Crippen LogP contribution < -0.4 is 0 Å². The SMILES string of the molecule is CC(=S)c1cc([N+](=O)[O-])ccc1O. The number of nitrogens with zero attached hydrogens (tertiary/aromatic N) is 1. The normalized spacial score (nSPS) is 9.62. The van der Waals surface area contributed by atoms with Crippen LogP contribution in [0.15, 0.2) is 18.2 Å². The highest BCUT2D eigenvalue weighted by Gasteiger charge is 2.10. The zero-order chi connectivity index (χ0) is 10.0. The van der Waals surface area contributed by atoms with Gasteiger partial charge in [0.25, 0.3) is 5.69 Å². The number of rotatable bonds is 2. The van der Waals surface area contributed by atoms with Gasteiger partial charge in [0.1, 0.15) is 5.75 Å². The van der Waals surface area contributed by atoms with E-state index in [2.05, 4.69) is 0 Å². The van der Waals surface area contributed by atoms with E-state index < -0.39 is 4.92 Å². The van der Waals surface area contributed by atoms with Gasteiger partial charge < -0.3 is 5.11 Å². The van der Waals surface area contributed by atoms with Gasteiger partial charge in [-0.1, -0.05) is 12.2 Å². The fraction of sp³-hybridized carbons (Fsp3) is 0.125. The van der Waals surface area contributed by atoms with Crippen LogP contribution in [0.4, 0.5) is 5.69 Å². The third-order valence-electron chi connectivity index (χ3n) is 1.57. The van der Waals surface area contributed by atoms with Crippen molar-refractivity contribution in [3.8, 4) is 5.75 Å². The second-order valence-corrected chi connectivity index (χ2v) is 3.13. The lowest BCUT2D eigenvalue weighted by Crippen LogP contribution is -1.94. The Labute approximate surface area is 80.0 Å². The molecule has 0 aliphatic rings. The van der Waals surface area contributed by atoms with Crippen LogP contribution in [0.25, 0.3) is 0 Å². The second kappa shape index (κ2) is 3.49. The molecule has 0 amide bonds. The molecular formula is C8H7NO3S. The van der Waals surface area contributed by atoms with Crippen LogP contribution in [0.1, 0.15) is 12.5 Å². The Morgan fingerprint density at radius 2 is 2.23 bits per heavy atom.